The van der Waals surface area contributed by atoms with Gasteiger partial charge in [0.15, 0.2) is 5.82 Å². The second kappa shape index (κ2) is 7.93. The van der Waals surface area contributed by atoms with Crippen molar-refractivity contribution in [2.24, 2.45) is 0 Å². The molecule has 1 aliphatic heterocycles. The van der Waals surface area contributed by atoms with E-state index in [9.17, 15) is 4.39 Å². The highest BCUT2D eigenvalue weighted by atomic mass is 19.1. The Morgan fingerprint density at radius 3 is 2.71 bits per heavy atom. The van der Waals surface area contributed by atoms with Gasteiger partial charge in [0.1, 0.15) is 0 Å². The lowest BCUT2D eigenvalue weighted by Crippen LogP contribution is -2.38. The molecule has 4 rings (SSSR count). The first kappa shape index (κ1) is 19.0. The number of rotatable bonds is 5. The summed E-state index contributed by atoms with van der Waals surface area (Å²) in [5.41, 5.74) is 4.81. The molecule has 0 radical (unpaired) electrons. The van der Waals surface area contributed by atoms with E-state index in [0.717, 1.165) is 12.1 Å². The molecule has 1 aliphatic carbocycles. The largest absolute Gasteiger partial charge is 0.476 e. The Bertz CT molecular complexity index is 924. The van der Waals surface area contributed by atoms with Crippen LogP contribution < -0.4 is 4.74 Å². The zero-order chi connectivity index (χ0) is 19.6. The van der Waals surface area contributed by atoms with Gasteiger partial charge in [0, 0.05) is 35.8 Å². The number of benzene rings is 1. The molecule has 0 N–H and O–H groups in total. The molecule has 1 spiro atoms. The molecule has 1 fully saturated rings. The Balaban J connectivity index is 1.55. The Hall–Kier alpha value is -2.38. The van der Waals surface area contributed by atoms with Crippen molar-refractivity contribution in [3.05, 3.63) is 58.5 Å². The molecule has 3 nitrogen and oxygen atoms in total. The third-order valence-electron chi connectivity index (χ3n) is 5.72. The van der Waals surface area contributed by atoms with Crippen molar-refractivity contribution in [2.75, 3.05) is 19.7 Å². The van der Waals surface area contributed by atoms with Crippen molar-refractivity contribution in [3.63, 3.8) is 0 Å². The van der Waals surface area contributed by atoms with E-state index in [1.54, 1.807) is 13.1 Å². The van der Waals surface area contributed by atoms with Crippen LogP contribution in [0.3, 0.4) is 0 Å². The van der Waals surface area contributed by atoms with Crippen LogP contribution in [0, 0.1) is 17.7 Å². The van der Waals surface area contributed by atoms with Gasteiger partial charge in [-0.15, -0.1) is 0 Å². The minimum atomic E-state index is -0.469. The van der Waals surface area contributed by atoms with Gasteiger partial charge >= 0.3 is 0 Å². The van der Waals surface area contributed by atoms with Gasteiger partial charge in [-0.3, -0.25) is 4.90 Å². The smallest absolute Gasteiger partial charge is 0.250 e. The quantitative estimate of drug-likeness (QED) is 0.707. The van der Waals surface area contributed by atoms with Crippen LogP contribution in [-0.4, -0.2) is 29.6 Å². The zero-order valence-corrected chi connectivity index (χ0v) is 16.7. The van der Waals surface area contributed by atoms with Crippen LogP contribution in [0.1, 0.15) is 61.8 Å². The van der Waals surface area contributed by atoms with Crippen molar-refractivity contribution in [3.8, 4) is 17.7 Å². The predicted molar refractivity (Wildman–Crippen MR) is 109 cm³/mol. The Labute approximate surface area is 166 Å². The molecule has 2 aromatic rings. The molecule has 1 aromatic heterocycles. The highest BCUT2D eigenvalue weighted by Crippen LogP contribution is 2.52. The van der Waals surface area contributed by atoms with Crippen molar-refractivity contribution in [1.82, 2.24) is 9.88 Å². The second-order valence-corrected chi connectivity index (χ2v) is 7.91. The van der Waals surface area contributed by atoms with Gasteiger partial charge in [0.05, 0.1) is 6.61 Å². The summed E-state index contributed by atoms with van der Waals surface area (Å²) in [4.78, 5) is 6.62. The van der Waals surface area contributed by atoms with Crippen molar-refractivity contribution in [1.29, 1.82) is 0 Å². The zero-order valence-electron chi connectivity index (χ0n) is 16.7. The highest BCUT2D eigenvalue weighted by Gasteiger charge is 2.48. The minimum Gasteiger partial charge on any atom is -0.476 e. The summed E-state index contributed by atoms with van der Waals surface area (Å²) in [6.07, 6.45) is 6.61. The monoisotopic (exact) mass is 378 g/mol. The number of pyridine rings is 1. The summed E-state index contributed by atoms with van der Waals surface area (Å²) in [5, 5.41) is 0. The van der Waals surface area contributed by atoms with E-state index in [4.69, 9.17) is 4.74 Å². The minimum absolute atomic E-state index is 0.0325. The van der Waals surface area contributed by atoms with Crippen molar-refractivity contribution in [2.45, 2.75) is 51.5 Å². The molecule has 0 bridgehead atoms. The normalized spacial score (nSPS) is 17.0. The maximum Gasteiger partial charge on any atom is 0.250 e. The molecule has 1 saturated carbocycles. The molecule has 2 aliphatic rings. The number of nitrogens with zero attached hydrogens (tertiary/aromatic N) is 2. The van der Waals surface area contributed by atoms with Gasteiger partial charge in [0.2, 0.25) is 5.88 Å². The number of hydrogen-bond donors (Lipinski definition) is 0. The molecule has 146 valence electrons. The Morgan fingerprint density at radius 2 is 2.00 bits per heavy atom. The number of aromatic nitrogens is 1. The third-order valence-corrected chi connectivity index (χ3v) is 5.72. The number of halogens is 1. The molecule has 0 unspecified atom stereocenters. The van der Waals surface area contributed by atoms with Crippen molar-refractivity contribution < 1.29 is 9.13 Å². The molecule has 4 heteroatoms. The van der Waals surface area contributed by atoms with Crippen LogP contribution in [-0.2, 0) is 12.0 Å². The first-order valence-electron chi connectivity index (χ1n) is 10.3. The van der Waals surface area contributed by atoms with Crippen molar-refractivity contribution >= 4 is 0 Å². The predicted octanol–water partition coefficient (Wildman–Crippen LogP) is 4.67. The van der Waals surface area contributed by atoms with E-state index in [1.165, 1.54) is 56.0 Å². The summed E-state index contributed by atoms with van der Waals surface area (Å²) in [6, 6.07) is 7.96. The van der Waals surface area contributed by atoms with Gasteiger partial charge in [-0.1, -0.05) is 31.3 Å². The highest BCUT2D eigenvalue weighted by molar-refractivity contribution is 5.50. The van der Waals surface area contributed by atoms with E-state index in [-0.39, 0.29) is 5.88 Å². The van der Waals surface area contributed by atoms with Gasteiger partial charge in [-0.05, 0) is 62.1 Å². The molecule has 1 aromatic carbocycles. The van der Waals surface area contributed by atoms with Gasteiger partial charge in [-0.2, -0.15) is 0 Å². The van der Waals surface area contributed by atoms with Crippen LogP contribution in [0.4, 0.5) is 4.39 Å². The molecule has 28 heavy (non-hydrogen) atoms. The summed E-state index contributed by atoms with van der Waals surface area (Å²) in [6.45, 7) is 7.85. The fourth-order valence-electron chi connectivity index (χ4n) is 4.09. The Kier molecular flexibility index (Phi) is 5.37. The molecule has 0 atom stereocenters. The molecule has 2 heterocycles. The fourth-order valence-corrected chi connectivity index (χ4v) is 4.09. The number of unbranched alkanes of at least 4 members (excludes halogenated alkanes) is 1. The standard InChI is InChI=1S/C24H27FN2O/c1-3-5-12-27-16-20-9-8-18(13-21(20)24(17-27)10-11-24)6-7-19-14-22(25)23(26-15-19)28-4-2/h8-9,13-15H,3-5,10-12,16-17H2,1-2H3. The lowest BCUT2D eigenvalue weighted by molar-refractivity contribution is 0.218. The summed E-state index contributed by atoms with van der Waals surface area (Å²) in [7, 11) is 0. The number of hydrogen-bond acceptors (Lipinski definition) is 3. The molecule has 0 amide bonds. The maximum atomic E-state index is 14.0. The van der Waals surface area contributed by atoms with Gasteiger partial charge < -0.3 is 4.74 Å². The molecule has 0 saturated heterocycles. The summed E-state index contributed by atoms with van der Waals surface area (Å²) in [5.74, 6) is 5.80. The first-order chi connectivity index (χ1) is 13.6. The molecular weight excluding hydrogens is 351 g/mol. The lowest BCUT2D eigenvalue weighted by atomic mass is 9.85. The van der Waals surface area contributed by atoms with Crippen LogP contribution in [0.2, 0.25) is 0 Å². The third kappa shape index (κ3) is 3.91. The average Bonchev–Trinajstić information content (AvgIpc) is 3.47. The van der Waals surface area contributed by atoms with E-state index in [2.05, 4.69) is 46.8 Å². The van der Waals surface area contributed by atoms with Crippen LogP contribution in [0.15, 0.2) is 30.5 Å². The number of ether oxygens (including phenoxy) is 1. The van der Waals surface area contributed by atoms with Crippen LogP contribution >= 0.6 is 0 Å². The second-order valence-electron chi connectivity index (χ2n) is 7.91. The Morgan fingerprint density at radius 1 is 1.18 bits per heavy atom. The van der Waals surface area contributed by atoms with Gasteiger partial charge in [-0.25, -0.2) is 9.37 Å². The lowest BCUT2D eigenvalue weighted by Gasteiger charge is -2.35. The number of fused-ring (bicyclic) bond motifs is 2. The maximum absolute atomic E-state index is 14.0. The first-order valence-corrected chi connectivity index (χ1v) is 10.3. The van der Waals surface area contributed by atoms with Crippen LogP contribution in [0.25, 0.3) is 0 Å². The van der Waals surface area contributed by atoms with Gasteiger partial charge in [0.25, 0.3) is 0 Å². The van der Waals surface area contributed by atoms with E-state index < -0.39 is 5.82 Å². The molecular formula is C24H27FN2O. The fraction of sp³-hybridized carbons (Fsp3) is 0.458. The SMILES string of the molecule is CCCCN1Cc2ccc(C#Cc3cnc(OCC)c(F)c3)cc2C2(CC2)C1. The average molecular weight is 378 g/mol. The van der Waals surface area contributed by atoms with Crippen LogP contribution in [0.5, 0.6) is 5.88 Å². The van der Waals surface area contributed by atoms with E-state index >= 15 is 0 Å². The topological polar surface area (TPSA) is 25.4 Å². The van der Waals surface area contributed by atoms with E-state index in [0.29, 0.717) is 17.6 Å². The summed E-state index contributed by atoms with van der Waals surface area (Å²) >= 11 is 0. The summed E-state index contributed by atoms with van der Waals surface area (Å²) < 4.78 is 19.1. The van der Waals surface area contributed by atoms with E-state index in [1.807, 2.05) is 0 Å².